The number of aryl methyl sites for hydroxylation is 1. The topological polar surface area (TPSA) is 51.0 Å². The quantitative estimate of drug-likeness (QED) is 0.614. The molecular weight excluding hydrogens is 206 g/mol. The Morgan fingerprint density at radius 2 is 1.69 bits per heavy atom. The molecule has 0 fully saturated rings. The molecule has 1 aliphatic rings. The Balaban J connectivity index is 2.41. The van der Waals surface area contributed by atoms with Crippen LogP contribution >= 0.6 is 0 Å². The number of ether oxygens (including phenoxy) is 2. The maximum absolute atomic E-state index is 8.78. The lowest BCUT2D eigenvalue weighted by atomic mass is 9.90. The molecule has 0 heterocycles. The summed E-state index contributed by atoms with van der Waals surface area (Å²) in [4.78, 5) is 0. The first-order valence-electron chi connectivity index (χ1n) is 5.22. The minimum Gasteiger partial charge on any atom is -0.493 e. The minimum atomic E-state index is 0.687. The van der Waals surface area contributed by atoms with Crippen molar-refractivity contribution < 1.29 is 14.7 Å². The van der Waals surface area contributed by atoms with Crippen molar-refractivity contribution in [2.45, 2.75) is 19.3 Å². The summed E-state index contributed by atoms with van der Waals surface area (Å²) < 4.78 is 10.5. The fourth-order valence-electron chi connectivity index (χ4n) is 2.03. The molecule has 1 N–H and O–H groups in total. The molecule has 1 aliphatic carbocycles. The fourth-order valence-corrected chi connectivity index (χ4v) is 2.03. The lowest BCUT2D eigenvalue weighted by Gasteiger charge is -2.19. The minimum absolute atomic E-state index is 0.687. The molecule has 4 nitrogen and oxygen atoms in total. The van der Waals surface area contributed by atoms with E-state index in [2.05, 4.69) is 5.16 Å². The summed E-state index contributed by atoms with van der Waals surface area (Å²) in [5, 5.41) is 12.1. The van der Waals surface area contributed by atoms with E-state index >= 15 is 0 Å². The van der Waals surface area contributed by atoms with Gasteiger partial charge < -0.3 is 14.7 Å². The van der Waals surface area contributed by atoms with Crippen LogP contribution in [-0.4, -0.2) is 25.1 Å². The molecule has 0 saturated carbocycles. The summed E-state index contributed by atoms with van der Waals surface area (Å²) in [6, 6.07) is 3.96. The highest BCUT2D eigenvalue weighted by Gasteiger charge is 2.18. The third-order valence-electron chi connectivity index (χ3n) is 2.92. The van der Waals surface area contributed by atoms with E-state index in [1.165, 1.54) is 5.56 Å². The zero-order chi connectivity index (χ0) is 11.5. The van der Waals surface area contributed by atoms with Gasteiger partial charge in [-0.3, -0.25) is 0 Å². The lowest BCUT2D eigenvalue weighted by molar-refractivity contribution is 0.316. The Kier molecular flexibility index (Phi) is 2.99. The highest BCUT2D eigenvalue weighted by atomic mass is 16.5. The summed E-state index contributed by atoms with van der Waals surface area (Å²) in [5.74, 6) is 1.48. The fraction of sp³-hybridized carbons (Fsp3) is 0.417. The molecule has 4 heteroatoms. The number of hydrogen-bond donors (Lipinski definition) is 1. The molecule has 2 rings (SSSR count). The summed E-state index contributed by atoms with van der Waals surface area (Å²) in [7, 11) is 3.25. The van der Waals surface area contributed by atoms with Gasteiger partial charge in [0, 0.05) is 6.42 Å². The molecule has 0 atom stereocenters. The number of nitrogens with zero attached hydrogens (tertiary/aromatic N) is 1. The number of benzene rings is 1. The highest BCUT2D eigenvalue weighted by Crippen LogP contribution is 2.33. The Morgan fingerprint density at radius 1 is 1.06 bits per heavy atom. The second-order valence-corrected chi connectivity index (χ2v) is 3.82. The first kappa shape index (κ1) is 10.8. The van der Waals surface area contributed by atoms with Crippen molar-refractivity contribution in [2.75, 3.05) is 14.2 Å². The van der Waals surface area contributed by atoms with Crippen LogP contribution in [0, 0.1) is 0 Å². The number of rotatable bonds is 2. The summed E-state index contributed by atoms with van der Waals surface area (Å²) in [5.41, 5.74) is 3.21. The first-order valence-corrected chi connectivity index (χ1v) is 5.22. The molecule has 1 aromatic carbocycles. The molecule has 0 unspecified atom stereocenters. The number of hydrogen-bond acceptors (Lipinski definition) is 4. The van der Waals surface area contributed by atoms with Crippen LogP contribution in [0.3, 0.4) is 0 Å². The van der Waals surface area contributed by atoms with E-state index in [-0.39, 0.29) is 0 Å². The normalized spacial score (nSPS) is 17.0. The van der Waals surface area contributed by atoms with Crippen LogP contribution in [0.4, 0.5) is 0 Å². The van der Waals surface area contributed by atoms with Gasteiger partial charge in [-0.25, -0.2) is 0 Å². The highest BCUT2D eigenvalue weighted by molar-refractivity contribution is 5.88. The molecule has 0 amide bonds. The first-order chi connectivity index (χ1) is 7.78. The van der Waals surface area contributed by atoms with E-state index in [0.717, 1.165) is 35.6 Å². The molecule has 0 aromatic heterocycles. The van der Waals surface area contributed by atoms with Crippen LogP contribution in [-0.2, 0) is 12.8 Å². The van der Waals surface area contributed by atoms with Gasteiger partial charge in [0.15, 0.2) is 11.5 Å². The van der Waals surface area contributed by atoms with Crippen LogP contribution in [0.1, 0.15) is 17.5 Å². The Labute approximate surface area is 94.5 Å². The van der Waals surface area contributed by atoms with Crippen molar-refractivity contribution in [1.82, 2.24) is 0 Å². The van der Waals surface area contributed by atoms with E-state index in [9.17, 15) is 0 Å². The van der Waals surface area contributed by atoms with Gasteiger partial charge in [-0.1, -0.05) is 5.16 Å². The van der Waals surface area contributed by atoms with Crippen LogP contribution in [0.5, 0.6) is 11.5 Å². The Hall–Kier alpha value is -1.71. The molecular formula is C12H15NO3. The van der Waals surface area contributed by atoms with E-state index < -0.39 is 0 Å². The summed E-state index contributed by atoms with van der Waals surface area (Å²) in [6.07, 6.45) is 2.38. The van der Waals surface area contributed by atoms with Gasteiger partial charge >= 0.3 is 0 Å². The van der Waals surface area contributed by atoms with Crippen molar-refractivity contribution in [1.29, 1.82) is 0 Å². The second kappa shape index (κ2) is 4.43. The smallest absolute Gasteiger partial charge is 0.161 e. The second-order valence-electron chi connectivity index (χ2n) is 3.82. The van der Waals surface area contributed by atoms with Crippen molar-refractivity contribution in [3.05, 3.63) is 23.3 Å². The standard InChI is InChI=1S/C12H15NO3/c1-15-11-6-8-3-4-10(13-14)5-9(8)7-12(11)16-2/h6-7,14H,3-5H2,1-2H3. The number of methoxy groups -OCH3 is 2. The average Bonchev–Trinajstić information content (AvgIpc) is 2.36. The van der Waals surface area contributed by atoms with Crippen LogP contribution in [0.2, 0.25) is 0 Å². The molecule has 16 heavy (non-hydrogen) atoms. The predicted octanol–water partition coefficient (Wildman–Crippen LogP) is 2.02. The van der Waals surface area contributed by atoms with Crippen molar-refractivity contribution in [3.8, 4) is 11.5 Å². The zero-order valence-electron chi connectivity index (χ0n) is 9.49. The van der Waals surface area contributed by atoms with Gasteiger partial charge in [-0.05, 0) is 36.1 Å². The van der Waals surface area contributed by atoms with Gasteiger partial charge in [0.25, 0.3) is 0 Å². The molecule has 0 aliphatic heterocycles. The number of fused-ring (bicyclic) bond motifs is 1. The van der Waals surface area contributed by atoms with Crippen LogP contribution in [0.15, 0.2) is 17.3 Å². The van der Waals surface area contributed by atoms with E-state index in [0.29, 0.717) is 6.42 Å². The molecule has 1 aromatic rings. The van der Waals surface area contributed by atoms with Gasteiger partial charge in [0.1, 0.15) is 0 Å². The largest absolute Gasteiger partial charge is 0.493 e. The van der Waals surface area contributed by atoms with E-state index in [1.807, 2.05) is 12.1 Å². The van der Waals surface area contributed by atoms with Gasteiger partial charge in [-0.15, -0.1) is 0 Å². The Morgan fingerprint density at radius 3 is 2.25 bits per heavy atom. The van der Waals surface area contributed by atoms with Crippen LogP contribution in [0.25, 0.3) is 0 Å². The Bertz CT molecular complexity index is 427. The van der Waals surface area contributed by atoms with E-state index in [4.69, 9.17) is 14.7 Å². The predicted molar refractivity (Wildman–Crippen MR) is 60.8 cm³/mol. The summed E-state index contributed by atoms with van der Waals surface area (Å²) in [6.45, 7) is 0. The SMILES string of the molecule is COc1cc2c(cc1OC)CC(=NO)CC2. The number of oxime groups is 1. The van der Waals surface area contributed by atoms with Gasteiger partial charge in [0.05, 0.1) is 19.9 Å². The molecule has 0 radical (unpaired) electrons. The zero-order valence-corrected chi connectivity index (χ0v) is 9.49. The molecule has 0 spiro atoms. The monoisotopic (exact) mass is 221 g/mol. The summed E-state index contributed by atoms with van der Waals surface area (Å²) >= 11 is 0. The molecule has 0 bridgehead atoms. The van der Waals surface area contributed by atoms with Crippen molar-refractivity contribution in [3.63, 3.8) is 0 Å². The maximum Gasteiger partial charge on any atom is 0.161 e. The lowest BCUT2D eigenvalue weighted by Crippen LogP contribution is -2.14. The van der Waals surface area contributed by atoms with E-state index in [1.54, 1.807) is 14.2 Å². The third kappa shape index (κ3) is 1.83. The van der Waals surface area contributed by atoms with Crippen molar-refractivity contribution >= 4 is 5.71 Å². The van der Waals surface area contributed by atoms with Crippen LogP contribution < -0.4 is 9.47 Å². The molecule has 86 valence electrons. The van der Waals surface area contributed by atoms with Gasteiger partial charge in [-0.2, -0.15) is 0 Å². The van der Waals surface area contributed by atoms with Gasteiger partial charge in [0.2, 0.25) is 0 Å². The maximum atomic E-state index is 8.78. The molecule has 0 saturated heterocycles. The average molecular weight is 221 g/mol. The van der Waals surface area contributed by atoms with Crippen molar-refractivity contribution in [2.24, 2.45) is 5.16 Å². The third-order valence-corrected chi connectivity index (χ3v) is 2.92.